The first-order chi connectivity index (χ1) is 19.4. The van der Waals surface area contributed by atoms with Crippen LogP contribution in [0.15, 0.2) is 97.1 Å². The second-order valence-corrected chi connectivity index (χ2v) is 9.09. The van der Waals surface area contributed by atoms with Crippen LogP contribution in [0.5, 0.6) is 11.5 Å². The zero-order valence-corrected chi connectivity index (χ0v) is 22.4. The zero-order valence-electron chi connectivity index (χ0n) is 22.4. The zero-order chi connectivity index (χ0) is 28.3. The number of carbonyl (C=O) groups is 3. The van der Waals surface area contributed by atoms with Crippen molar-refractivity contribution >= 4 is 17.7 Å². The lowest BCUT2D eigenvalue weighted by molar-refractivity contribution is 0.0455. The molecule has 0 aliphatic heterocycles. The van der Waals surface area contributed by atoms with Gasteiger partial charge in [-0.25, -0.2) is 9.59 Å². The molecule has 0 radical (unpaired) electrons. The van der Waals surface area contributed by atoms with Crippen LogP contribution in [0.4, 0.5) is 0 Å². The van der Waals surface area contributed by atoms with Crippen LogP contribution in [0.2, 0.25) is 0 Å². The van der Waals surface area contributed by atoms with Gasteiger partial charge in [0.25, 0.3) is 0 Å². The van der Waals surface area contributed by atoms with Crippen LogP contribution < -0.4 is 9.47 Å². The Balaban J connectivity index is 1.39. The summed E-state index contributed by atoms with van der Waals surface area (Å²) in [6, 6.07) is 28.6. The van der Waals surface area contributed by atoms with Gasteiger partial charge in [0.15, 0.2) is 5.78 Å². The molecule has 0 spiro atoms. The fourth-order valence-corrected chi connectivity index (χ4v) is 3.85. The molecule has 7 heteroatoms. The Hall–Kier alpha value is -4.91. The molecule has 0 unspecified atom stereocenters. The lowest BCUT2D eigenvalue weighted by Gasteiger charge is -2.15. The van der Waals surface area contributed by atoms with Crippen molar-refractivity contribution in [3.63, 3.8) is 0 Å². The first kappa shape index (κ1) is 28.1. The molecule has 0 N–H and O–H groups in total. The predicted octanol–water partition coefficient (Wildman–Crippen LogP) is 6.37. The molecule has 0 amide bonds. The highest BCUT2D eigenvalue weighted by Gasteiger charge is 2.18. The maximum absolute atomic E-state index is 12.8. The molecule has 40 heavy (non-hydrogen) atoms. The number of rotatable bonds is 12. The van der Waals surface area contributed by atoms with E-state index in [1.54, 1.807) is 18.2 Å². The number of Topliss-reactive ketones (excluding diaryl/α,β-unsaturated/α-hetero) is 1. The molecule has 0 aromatic heterocycles. The van der Waals surface area contributed by atoms with E-state index in [2.05, 4.69) is 0 Å². The standard InChI is InChI=1S/C33H30O7/c1-23-13-15-28(32(35)39-21-25-9-5-3-6-10-25)30(19-23)37-17-18-38-31-20-27(24(2)34)14-16-29(31)33(36)40-22-26-11-7-4-8-12-26/h3-16,19-20H,17-18,21-22H2,1-2H3. The van der Waals surface area contributed by atoms with E-state index >= 15 is 0 Å². The molecular formula is C33H30O7. The molecule has 0 fully saturated rings. The van der Waals surface area contributed by atoms with E-state index in [4.69, 9.17) is 18.9 Å². The molecular weight excluding hydrogens is 508 g/mol. The Labute approximate surface area is 233 Å². The van der Waals surface area contributed by atoms with Gasteiger partial charge in [-0.15, -0.1) is 0 Å². The third kappa shape index (κ3) is 7.80. The SMILES string of the molecule is CC(=O)c1ccc(C(=O)OCc2ccccc2)c(OCCOc2cc(C)ccc2C(=O)OCc2ccccc2)c1. The van der Waals surface area contributed by atoms with Crippen LogP contribution in [-0.2, 0) is 22.7 Å². The minimum absolute atomic E-state index is 0.0484. The van der Waals surface area contributed by atoms with Crippen LogP contribution >= 0.6 is 0 Å². The summed E-state index contributed by atoms with van der Waals surface area (Å²) < 4.78 is 22.7. The number of ketones is 1. The van der Waals surface area contributed by atoms with E-state index in [9.17, 15) is 14.4 Å². The summed E-state index contributed by atoms with van der Waals surface area (Å²) in [4.78, 5) is 37.5. The van der Waals surface area contributed by atoms with Crippen molar-refractivity contribution in [1.82, 2.24) is 0 Å². The molecule has 0 bridgehead atoms. The van der Waals surface area contributed by atoms with Crippen LogP contribution in [0.3, 0.4) is 0 Å². The van der Waals surface area contributed by atoms with Gasteiger partial charge in [-0.2, -0.15) is 0 Å². The highest BCUT2D eigenvalue weighted by molar-refractivity contribution is 5.98. The summed E-state index contributed by atoms with van der Waals surface area (Å²) in [6.07, 6.45) is 0. The van der Waals surface area contributed by atoms with E-state index in [-0.39, 0.29) is 43.5 Å². The summed E-state index contributed by atoms with van der Waals surface area (Å²) in [7, 11) is 0. The fraction of sp³-hybridized carbons (Fsp3) is 0.182. The quantitative estimate of drug-likeness (QED) is 0.118. The molecule has 0 heterocycles. The normalized spacial score (nSPS) is 10.4. The van der Waals surface area contributed by atoms with Crippen LogP contribution in [0.1, 0.15) is 54.7 Å². The Kier molecular flexibility index (Phi) is 9.67. The third-order valence-corrected chi connectivity index (χ3v) is 5.99. The second kappa shape index (κ2) is 13.8. The third-order valence-electron chi connectivity index (χ3n) is 5.99. The Morgan fingerprint density at radius 1 is 0.600 bits per heavy atom. The van der Waals surface area contributed by atoms with Gasteiger partial charge in [-0.3, -0.25) is 4.79 Å². The molecule has 0 aliphatic carbocycles. The number of aryl methyl sites for hydroxylation is 1. The number of benzene rings is 4. The van der Waals surface area contributed by atoms with E-state index in [0.717, 1.165) is 16.7 Å². The summed E-state index contributed by atoms with van der Waals surface area (Å²) in [5.41, 5.74) is 3.53. The summed E-state index contributed by atoms with van der Waals surface area (Å²) in [5.74, 6) is -0.666. The first-order valence-corrected chi connectivity index (χ1v) is 12.8. The van der Waals surface area contributed by atoms with Crippen molar-refractivity contribution in [2.45, 2.75) is 27.1 Å². The largest absolute Gasteiger partial charge is 0.489 e. The van der Waals surface area contributed by atoms with Gasteiger partial charge in [0.05, 0.1) is 0 Å². The molecule has 4 rings (SSSR count). The van der Waals surface area contributed by atoms with E-state index in [0.29, 0.717) is 16.9 Å². The lowest BCUT2D eigenvalue weighted by atomic mass is 10.1. The molecule has 4 aromatic carbocycles. The Morgan fingerprint density at radius 3 is 1.57 bits per heavy atom. The van der Waals surface area contributed by atoms with Crippen LogP contribution in [0.25, 0.3) is 0 Å². The minimum Gasteiger partial charge on any atom is -0.489 e. The van der Waals surface area contributed by atoms with Crippen molar-refractivity contribution in [2.24, 2.45) is 0 Å². The average molecular weight is 539 g/mol. The first-order valence-electron chi connectivity index (χ1n) is 12.8. The van der Waals surface area contributed by atoms with Gasteiger partial charge >= 0.3 is 11.9 Å². The molecule has 4 aromatic rings. The van der Waals surface area contributed by atoms with Gasteiger partial charge in [0.1, 0.15) is 49.1 Å². The van der Waals surface area contributed by atoms with Crippen LogP contribution in [-0.4, -0.2) is 30.9 Å². The highest BCUT2D eigenvalue weighted by Crippen LogP contribution is 2.24. The summed E-state index contributed by atoms with van der Waals surface area (Å²) in [6.45, 7) is 3.70. The van der Waals surface area contributed by atoms with Crippen molar-refractivity contribution < 1.29 is 33.3 Å². The molecule has 0 saturated carbocycles. The molecule has 0 atom stereocenters. The van der Waals surface area contributed by atoms with Gasteiger partial charge < -0.3 is 18.9 Å². The number of carbonyl (C=O) groups excluding carboxylic acids is 3. The second-order valence-electron chi connectivity index (χ2n) is 9.09. The van der Waals surface area contributed by atoms with E-state index < -0.39 is 11.9 Å². The number of ether oxygens (including phenoxy) is 4. The summed E-state index contributed by atoms with van der Waals surface area (Å²) >= 11 is 0. The van der Waals surface area contributed by atoms with E-state index in [1.807, 2.05) is 73.7 Å². The topological polar surface area (TPSA) is 88.1 Å². The Morgan fingerprint density at radius 2 is 1.07 bits per heavy atom. The predicted molar refractivity (Wildman–Crippen MR) is 150 cm³/mol. The number of esters is 2. The van der Waals surface area contributed by atoms with Gasteiger partial charge in [-0.05, 0) is 54.8 Å². The maximum Gasteiger partial charge on any atom is 0.342 e. The lowest BCUT2D eigenvalue weighted by Crippen LogP contribution is -2.15. The fourth-order valence-electron chi connectivity index (χ4n) is 3.85. The molecule has 7 nitrogen and oxygen atoms in total. The van der Waals surface area contributed by atoms with Gasteiger partial charge in [0.2, 0.25) is 0 Å². The molecule has 0 saturated heterocycles. The van der Waals surface area contributed by atoms with Crippen molar-refractivity contribution in [3.05, 3.63) is 130 Å². The average Bonchev–Trinajstić information content (AvgIpc) is 2.98. The van der Waals surface area contributed by atoms with Crippen molar-refractivity contribution in [1.29, 1.82) is 0 Å². The number of hydrogen-bond acceptors (Lipinski definition) is 7. The van der Waals surface area contributed by atoms with Crippen molar-refractivity contribution in [2.75, 3.05) is 13.2 Å². The smallest absolute Gasteiger partial charge is 0.342 e. The summed E-state index contributed by atoms with van der Waals surface area (Å²) in [5, 5.41) is 0. The van der Waals surface area contributed by atoms with E-state index in [1.165, 1.54) is 19.1 Å². The highest BCUT2D eigenvalue weighted by atomic mass is 16.5. The maximum atomic E-state index is 12.8. The monoisotopic (exact) mass is 538 g/mol. The molecule has 204 valence electrons. The van der Waals surface area contributed by atoms with Gasteiger partial charge in [-0.1, -0.05) is 72.8 Å². The Bertz CT molecular complexity index is 1460. The minimum atomic E-state index is -0.572. The van der Waals surface area contributed by atoms with Gasteiger partial charge in [0, 0.05) is 5.56 Å². The van der Waals surface area contributed by atoms with Crippen molar-refractivity contribution in [3.8, 4) is 11.5 Å². The molecule has 0 aliphatic rings. The van der Waals surface area contributed by atoms with Crippen LogP contribution in [0, 0.1) is 6.92 Å². The number of hydrogen-bond donors (Lipinski definition) is 0.